The van der Waals surface area contributed by atoms with Crippen LogP contribution in [-0.2, 0) is 0 Å². The second kappa shape index (κ2) is 5.23. The zero-order valence-corrected chi connectivity index (χ0v) is 10.8. The average Bonchev–Trinajstić information content (AvgIpc) is 2.32. The van der Waals surface area contributed by atoms with Gasteiger partial charge in [-0.3, -0.25) is 4.98 Å². The van der Waals surface area contributed by atoms with Crippen molar-refractivity contribution >= 4 is 34.8 Å². The minimum absolute atomic E-state index is 0.360. The minimum atomic E-state index is -0.991. The topological polar surface area (TPSA) is 33.1 Å². The molecule has 1 unspecified atom stereocenters. The zero-order chi connectivity index (χ0) is 12.4. The molecule has 0 bridgehead atoms. The standard InChI is InChI=1S/C12H8Cl3NO/c13-7-3-4-9(14)8(6-7)12(17)11-10(15)2-1-5-16-11/h1-6,12,17H. The SMILES string of the molecule is OC(c1cc(Cl)ccc1Cl)c1ncccc1Cl. The summed E-state index contributed by atoms with van der Waals surface area (Å²) in [6.07, 6.45) is 0.568. The average molecular weight is 289 g/mol. The predicted molar refractivity (Wildman–Crippen MR) is 69.8 cm³/mol. The van der Waals surface area contributed by atoms with Crippen molar-refractivity contribution < 1.29 is 5.11 Å². The number of hydrogen-bond donors (Lipinski definition) is 1. The van der Waals surface area contributed by atoms with Crippen LogP contribution in [-0.4, -0.2) is 10.1 Å². The van der Waals surface area contributed by atoms with E-state index in [4.69, 9.17) is 34.8 Å². The van der Waals surface area contributed by atoms with Crippen LogP contribution in [0.3, 0.4) is 0 Å². The fraction of sp³-hybridized carbons (Fsp3) is 0.0833. The van der Waals surface area contributed by atoms with Crippen molar-refractivity contribution in [2.24, 2.45) is 0 Å². The normalized spacial score (nSPS) is 12.5. The molecule has 0 fully saturated rings. The van der Waals surface area contributed by atoms with E-state index in [-0.39, 0.29) is 0 Å². The maximum atomic E-state index is 10.2. The number of halogens is 3. The molecule has 0 amide bonds. The summed E-state index contributed by atoms with van der Waals surface area (Å²) in [7, 11) is 0. The molecule has 1 aromatic heterocycles. The lowest BCUT2D eigenvalue weighted by Gasteiger charge is -2.13. The Morgan fingerprint density at radius 1 is 1.06 bits per heavy atom. The Morgan fingerprint density at radius 3 is 2.53 bits per heavy atom. The van der Waals surface area contributed by atoms with E-state index in [0.29, 0.717) is 26.3 Å². The quantitative estimate of drug-likeness (QED) is 0.901. The van der Waals surface area contributed by atoms with Gasteiger partial charge in [-0.05, 0) is 30.3 Å². The monoisotopic (exact) mass is 287 g/mol. The van der Waals surface area contributed by atoms with Crippen LogP contribution >= 0.6 is 34.8 Å². The van der Waals surface area contributed by atoms with Gasteiger partial charge in [-0.2, -0.15) is 0 Å². The van der Waals surface area contributed by atoms with E-state index in [1.54, 1.807) is 36.5 Å². The second-order valence-electron chi connectivity index (χ2n) is 3.44. The summed E-state index contributed by atoms with van der Waals surface area (Å²) in [6.45, 7) is 0. The van der Waals surface area contributed by atoms with Gasteiger partial charge in [-0.1, -0.05) is 34.8 Å². The molecule has 2 aromatic rings. The van der Waals surface area contributed by atoms with E-state index in [0.717, 1.165) is 0 Å². The zero-order valence-electron chi connectivity index (χ0n) is 8.57. The Kier molecular flexibility index (Phi) is 3.89. The highest BCUT2D eigenvalue weighted by molar-refractivity contribution is 6.34. The first kappa shape index (κ1) is 12.7. The molecule has 88 valence electrons. The fourth-order valence-corrected chi connectivity index (χ4v) is 2.10. The summed E-state index contributed by atoms with van der Waals surface area (Å²) in [5.41, 5.74) is 0.845. The van der Waals surface area contributed by atoms with Crippen molar-refractivity contribution in [1.82, 2.24) is 4.98 Å². The van der Waals surface area contributed by atoms with Crippen LogP contribution in [0.25, 0.3) is 0 Å². The molecule has 1 aromatic carbocycles. The van der Waals surface area contributed by atoms with Crippen molar-refractivity contribution in [3.8, 4) is 0 Å². The highest BCUT2D eigenvalue weighted by Gasteiger charge is 2.18. The number of nitrogens with zero attached hydrogens (tertiary/aromatic N) is 1. The van der Waals surface area contributed by atoms with E-state index in [2.05, 4.69) is 4.98 Å². The lowest BCUT2D eigenvalue weighted by molar-refractivity contribution is 0.215. The van der Waals surface area contributed by atoms with Gasteiger partial charge >= 0.3 is 0 Å². The summed E-state index contributed by atoms with van der Waals surface area (Å²) in [4.78, 5) is 4.04. The number of aromatic nitrogens is 1. The maximum Gasteiger partial charge on any atom is 0.124 e. The third-order valence-electron chi connectivity index (χ3n) is 2.30. The van der Waals surface area contributed by atoms with Crippen LogP contribution in [0.4, 0.5) is 0 Å². The van der Waals surface area contributed by atoms with Crippen molar-refractivity contribution in [3.63, 3.8) is 0 Å². The summed E-state index contributed by atoms with van der Waals surface area (Å²) < 4.78 is 0. The van der Waals surface area contributed by atoms with E-state index in [1.165, 1.54) is 0 Å². The molecule has 0 saturated carbocycles. The van der Waals surface area contributed by atoms with Crippen molar-refractivity contribution in [1.29, 1.82) is 0 Å². The Balaban J connectivity index is 2.47. The first-order valence-corrected chi connectivity index (χ1v) is 5.96. The molecule has 0 saturated heterocycles. The van der Waals surface area contributed by atoms with Gasteiger partial charge in [0.2, 0.25) is 0 Å². The summed E-state index contributed by atoms with van der Waals surface area (Å²) in [5.74, 6) is 0. The highest BCUT2D eigenvalue weighted by Crippen LogP contribution is 2.32. The van der Waals surface area contributed by atoms with Gasteiger partial charge in [0.25, 0.3) is 0 Å². The fourth-order valence-electron chi connectivity index (χ4n) is 1.47. The van der Waals surface area contributed by atoms with Gasteiger partial charge < -0.3 is 5.11 Å². The molecule has 1 atom stereocenters. The predicted octanol–water partition coefficient (Wildman–Crippen LogP) is 4.12. The van der Waals surface area contributed by atoms with Crippen LogP contribution in [0.1, 0.15) is 17.4 Å². The van der Waals surface area contributed by atoms with E-state index >= 15 is 0 Å². The number of benzene rings is 1. The van der Waals surface area contributed by atoms with Crippen molar-refractivity contribution in [3.05, 3.63) is 62.9 Å². The van der Waals surface area contributed by atoms with Crippen LogP contribution < -0.4 is 0 Å². The van der Waals surface area contributed by atoms with Gasteiger partial charge in [0.05, 0.1) is 10.7 Å². The smallest absolute Gasteiger partial charge is 0.124 e. The Hall–Kier alpha value is -0.800. The molecule has 2 nitrogen and oxygen atoms in total. The van der Waals surface area contributed by atoms with E-state index in [9.17, 15) is 5.11 Å². The number of aliphatic hydroxyl groups excluding tert-OH is 1. The molecule has 0 aliphatic carbocycles. The van der Waals surface area contributed by atoms with Gasteiger partial charge in [-0.15, -0.1) is 0 Å². The molecule has 17 heavy (non-hydrogen) atoms. The number of rotatable bonds is 2. The third kappa shape index (κ3) is 2.72. The lowest BCUT2D eigenvalue weighted by Crippen LogP contribution is -2.03. The number of aliphatic hydroxyl groups is 1. The molecule has 2 rings (SSSR count). The van der Waals surface area contributed by atoms with Crippen LogP contribution in [0.5, 0.6) is 0 Å². The van der Waals surface area contributed by atoms with Crippen LogP contribution in [0.15, 0.2) is 36.5 Å². The van der Waals surface area contributed by atoms with Gasteiger partial charge in [0, 0.05) is 21.8 Å². The Labute approximate surface area is 114 Å². The molecular formula is C12H8Cl3NO. The number of hydrogen-bond acceptors (Lipinski definition) is 2. The first-order chi connectivity index (χ1) is 8.09. The molecule has 5 heteroatoms. The van der Waals surface area contributed by atoms with E-state index in [1.807, 2.05) is 0 Å². The van der Waals surface area contributed by atoms with Gasteiger partial charge in [0.15, 0.2) is 0 Å². The van der Waals surface area contributed by atoms with Crippen LogP contribution in [0.2, 0.25) is 15.1 Å². The minimum Gasteiger partial charge on any atom is -0.382 e. The van der Waals surface area contributed by atoms with Crippen molar-refractivity contribution in [2.45, 2.75) is 6.10 Å². The summed E-state index contributed by atoms with van der Waals surface area (Å²) in [6, 6.07) is 8.22. The Bertz CT molecular complexity index is 545. The second-order valence-corrected chi connectivity index (χ2v) is 4.69. The molecule has 0 aliphatic rings. The summed E-state index contributed by atoms with van der Waals surface area (Å²) in [5, 5.41) is 11.5. The molecule has 1 N–H and O–H groups in total. The molecule has 0 aliphatic heterocycles. The Morgan fingerprint density at radius 2 is 1.82 bits per heavy atom. The van der Waals surface area contributed by atoms with Gasteiger partial charge in [-0.25, -0.2) is 0 Å². The summed E-state index contributed by atoms with van der Waals surface area (Å²) >= 11 is 17.8. The molecule has 0 spiro atoms. The van der Waals surface area contributed by atoms with Crippen molar-refractivity contribution in [2.75, 3.05) is 0 Å². The number of pyridine rings is 1. The van der Waals surface area contributed by atoms with Crippen LogP contribution in [0, 0.1) is 0 Å². The highest BCUT2D eigenvalue weighted by atomic mass is 35.5. The third-order valence-corrected chi connectivity index (χ3v) is 3.20. The molecular weight excluding hydrogens is 280 g/mol. The van der Waals surface area contributed by atoms with Gasteiger partial charge in [0.1, 0.15) is 6.10 Å². The van der Waals surface area contributed by atoms with E-state index < -0.39 is 6.10 Å². The molecule has 0 radical (unpaired) electrons. The maximum absolute atomic E-state index is 10.2. The molecule has 1 heterocycles. The lowest BCUT2D eigenvalue weighted by atomic mass is 10.1. The first-order valence-electron chi connectivity index (χ1n) is 4.83. The largest absolute Gasteiger partial charge is 0.382 e.